The zero-order valence-electron chi connectivity index (χ0n) is 10.8. The lowest BCUT2D eigenvalue weighted by Gasteiger charge is -2.20. The molecule has 5 heteroatoms. The van der Waals surface area contributed by atoms with Crippen molar-refractivity contribution < 1.29 is 4.74 Å². The average Bonchev–Trinajstić information content (AvgIpc) is 2.22. The first kappa shape index (κ1) is 15.1. The van der Waals surface area contributed by atoms with Crippen LogP contribution in [0.15, 0.2) is 0 Å². The Morgan fingerprint density at radius 3 is 2.18 bits per heavy atom. The molecule has 1 heterocycles. The molecule has 0 bridgehead atoms. The zero-order chi connectivity index (χ0) is 13.2. The molecule has 3 nitrogen and oxygen atoms in total. The molecule has 1 rings (SSSR count). The minimum Gasteiger partial charge on any atom is -0.373 e. The van der Waals surface area contributed by atoms with Gasteiger partial charge in [0.15, 0.2) is 5.82 Å². The van der Waals surface area contributed by atoms with Crippen molar-refractivity contribution in [1.29, 1.82) is 0 Å². The van der Waals surface area contributed by atoms with E-state index >= 15 is 0 Å². The van der Waals surface area contributed by atoms with Gasteiger partial charge in [-0.05, 0) is 34.4 Å². The fraction of sp³-hybridized carbons (Fsp3) is 0.667. The van der Waals surface area contributed by atoms with E-state index in [1.807, 2.05) is 0 Å². The maximum atomic E-state index is 6.15. The predicted molar refractivity (Wildman–Crippen MR) is 78.4 cm³/mol. The van der Waals surface area contributed by atoms with Crippen molar-refractivity contribution in [3.05, 3.63) is 20.2 Å². The fourth-order valence-electron chi connectivity index (χ4n) is 1.64. The summed E-state index contributed by atoms with van der Waals surface area (Å²) in [5.41, 5.74) is 0.989. The molecule has 1 unspecified atom stereocenters. The Labute approximate surface area is 121 Å². The van der Waals surface area contributed by atoms with Crippen LogP contribution in [0.4, 0.5) is 0 Å². The van der Waals surface area contributed by atoms with E-state index in [1.165, 1.54) is 0 Å². The minimum atomic E-state index is -0.109. The first-order valence-corrected chi connectivity index (χ1v) is 7.09. The number of methoxy groups -OCH3 is 1. The number of aromatic nitrogens is 2. The molecule has 0 aliphatic carbocycles. The summed E-state index contributed by atoms with van der Waals surface area (Å²) < 4.78 is 6.37. The average molecular weight is 369 g/mol. The molecular weight excluding hydrogens is 351 g/mol. The molecule has 0 saturated heterocycles. The molecule has 0 aliphatic heterocycles. The molecular formula is C12H18ClIN2O. The van der Waals surface area contributed by atoms with Gasteiger partial charge in [0.05, 0.1) is 9.26 Å². The number of rotatable bonds is 4. The number of halogens is 2. The van der Waals surface area contributed by atoms with Gasteiger partial charge in [-0.2, -0.15) is 0 Å². The highest BCUT2D eigenvalue weighted by Gasteiger charge is 2.22. The molecule has 1 aromatic rings. The van der Waals surface area contributed by atoms with E-state index in [0.29, 0.717) is 22.8 Å². The normalized spacial score (nSPS) is 13.5. The van der Waals surface area contributed by atoms with Crippen LogP contribution < -0.4 is 0 Å². The van der Waals surface area contributed by atoms with Gasteiger partial charge in [-0.15, -0.1) is 0 Å². The lowest BCUT2D eigenvalue weighted by molar-refractivity contribution is 0.0572. The highest BCUT2D eigenvalue weighted by Crippen LogP contribution is 2.29. The summed E-state index contributed by atoms with van der Waals surface area (Å²) in [6, 6.07) is 0. The summed E-state index contributed by atoms with van der Waals surface area (Å²) in [7, 11) is 1.68. The van der Waals surface area contributed by atoms with E-state index < -0.39 is 0 Å². The van der Waals surface area contributed by atoms with Crippen molar-refractivity contribution in [2.75, 3.05) is 7.11 Å². The van der Waals surface area contributed by atoms with E-state index in [-0.39, 0.29) is 6.10 Å². The smallest absolute Gasteiger partial charge is 0.159 e. The second kappa shape index (κ2) is 6.29. The lowest BCUT2D eigenvalue weighted by Crippen LogP contribution is -2.15. The third-order valence-electron chi connectivity index (χ3n) is 2.51. The van der Waals surface area contributed by atoms with Crippen LogP contribution in [-0.4, -0.2) is 17.1 Å². The van der Waals surface area contributed by atoms with Gasteiger partial charge in [-0.25, -0.2) is 9.97 Å². The van der Waals surface area contributed by atoms with E-state index in [2.05, 4.69) is 60.3 Å². The number of nitrogens with zero attached hydrogens (tertiary/aromatic N) is 2. The van der Waals surface area contributed by atoms with E-state index in [9.17, 15) is 0 Å². The van der Waals surface area contributed by atoms with Crippen LogP contribution >= 0.6 is 34.2 Å². The Hall–Kier alpha value is 0.0600. The zero-order valence-corrected chi connectivity index (χ0v) is 13.7. The summed E-state index contributed by atoms with van der Waals surface area (Å²) in [4.78, 5) is 8.93. The second-order valence-electron chi connectivity index (χ2n) is 4.63. The van der Waals surface area contributed by atoms with Crippen molar-refractivity contribution in [1.82, 2.24) is 9.97 Å². The van der Waals surface area contributed by atoms with Crippen molar-refractivity contribution >= 4 is 34.2 Å². The van der Waals surface area contributed by atoms with Crippen molar-refractivity contribution in [2.45, 2.75) is 39.7 Å². The lowest BCUT2D eigenvalue weighted by atomic mass is 10.1. The molecule has 1 aromatic heterocycles. The summed E-state index contributed by atoms with van der Waals surface area (Å²) in [6.45, 7) is 8.36. The van der Waals surface area contributed by atoms with Crippen molar-refractivity contribution in [3.8, 4) is 0 Å². The maximum Gasteiger partial charge on any atom is 0.159 e. The maximum absolute atomic E-state index is 6.15. The van der Waals surface area contributed by atoms with Gasteiger partial charge >= 0.3 is 0 Å². The standard InChI is InChI=1S/C12H18ClIN2O/c1-6(2)9-8(14)11(13)16-12(15-9)10(17-5)7(3)4/h6-7,10H,1-5H3. The molecule has 0 saturated carbocycles. The summed E-state index contributed by atoms with van der Waals surface area (Å²) in [5, 5.41) is 0.516. The second-order valence-corrected chi connectivity index (χ2v) is 6.06. The molecule has 0 amide bonds. The first-order valence-electron chi connectivity index (χ1n) is 5.64. The Morgan fingerprint density at radius 2 is 1.76 bits per heavy atom. The third kappa shape index (κ3) is 3.51. The molecule has 0 spiro atoms. The topological polar surface area (TPSA) is 35.0 Å². The largest absolute Gasteiger partial charge is 0.373 e. The van der Waals surface area contributed by atoms with Gasteiger partial charge in [-0.1, -0.05) is 39.3 Å². The molecule has 1 atom stereocenters. The molecule has 0 aliphatic rings. The molecule has 0 fully saturated rings. The van der Waals surface area contributed by atoms with Crippen molar-refractivity contribution in [2.24, 2.45) is 5.92 Å². The number of ether oxygens (including phenoxy) is 1. The summed E-state index contributed by atoms with van der Waals surface area (Å²) in [6.07, 6.45) is -0.109. The van der Waals surface area contributed by atoms with Gasteiger partial charge in [0.1, 0.15) is 11.3 Å². The van der Waals surface area contributed by atoms with Crippen molar-refractivity contribution in [3.63, 3.8) is 0 Å². The highest BCUT2D eigenvalue weighted by molar-refractivity contribution is 14.1. The van der Waals surface area contributed by atoms with E-state index in [1.54, 1.807) is 7.11 Å². The Kier molecular flexibility index (Phi) is 5.60. The Bertz CT molecular complexity index is 396. The highest BCUT2D eigenvalue weighted by atomic mass is 127. The number of hydrogen-bond acceptors (Lipinski definition) is 3. The van der Waals surface area contributed by atoms with Gasteiger partial charge in [0.25, 0.3) is 0 Å². The molecule has 0 aromatic carbocycles. The molecule has 0 N–H and O–H groups in total. The van der Waals surface area contributed by atoms with Gasteiger partial charge in [-0.3, -0.25) is 0 Å². The minimum absolute atomic E-state index is 0.109. The SMILES string of the molecule is COC(c1nc(Cl)c(I)c(C(C)C)n1)C(C)C. The molecule has 0 radical (unpaired) electrons. The summed E-state index contributed by atoms with van der Waals surface area (Å²) >= 11 is 8.35. The number of hydrogen-bond donors (Lipinski definition) is 0. The fourth-order valence-corrected chi connectivity index (χ4v) is 2.69. The monoisotopic (exact) mass is 368 g/mol. The van der Waals surface area contributed by atoms with Gasteiger partial charge < -0.3 is 4.74 Å². The van der Waals surface area contributed by atoms with E-state index in [4.69, 9.17) is 16.3 Å². The van der Waals surface area contributed by atoms with Crippen LogP contribution in [0.1, 0.15) is 51.2 Å². The molecule has 96 valence electrons. The van der Waals surface area contributed by atoms with Crippen LogP contribution in [0.3, 0.4) is 0 Å². The van der Waals surface area contributed by atoms with Crippen LogP contribution in [0.25, 0.3) is 0 Å². The van der Waals surface area contributed by atoms with E-state index in [0.717, 1.165) is 9.26 Å². The summed E-state index contributed by atoms with van der Waals surface area (Å²) in [5.74, 6) is 1.32. The Balaban J connectivity index is 3.26. The van der Waals surface area contributed by atoms with Crippen LogP contribution in [0, 0.1) is 9.49 Å². The van der Waals surface area contributed by atoms with Crippen LogP contribution in [0.5, 0.6) is 0 Å². The van der Waals surface area contributed by atoms with Crippen LogP contribution in [-0.2, 0) is 4.74 Å². The quantitative estimate of drug-likeness (QED) is 0.590. The predicted octanol–water partition coefficient (Wildman–Crippen LogP) is 4.20. The first-order chi connectivity index (χ1) is 7.88. The molecule has 17 heavy (non-hydrogen) atoms. The third-order valence-corrected chi connectivity index (χ3v) is 4.17. The Morgan fingerprint density at radius 1 is 1.18 bits per heavy atom. The van der Waals surface area contributed by atoms with Crippen LogP contribution in [0.2, 0.25) is 5.15 Å². The van der Waals surface area contributed by atoms with Gasteiger partial charge in [0, 0.05) is 7.11 Å². The van der Waals surface area contributed by atoms with Gasteiger partial charge in [0.2, 0.25) is 0 Å².